The number of nitrogens with one attached hydrogen (secondary N) is 1. The number of anilines is 1. The van der Waals surface area contributed by atoms with E-state index in [1.165, 1.54) is 6.07 Å². The number of carbonyl (C=O) groups is 1. The molecule has 1 aliphatic heterocycles. The Kier molecular flexibility index (Phi) is 4.35. The molecule has 1 heterocycles. The highest BCUT2D eigenvalue weighted by Gasteiger charge is 2.29. The Labute approximate surface area is 116 Å². The average Bonchev–Trinajstić information content (AvgIpc) is 2.32. The second kappa shape index (κ2) is 5.85. The number of likely N-dealkylation sites (tertiary alicyclic amines) is 1. The number of nitrogens with zero attached hydrogens (tertiary/aromatic N) is 1. The summed E-state index contributed by atoms with van der Waals surface area (Å²) in [7, 11) is 0. The van der Waals surface area contributed by atoms with Crippen LogP contribution in [0.5, 0.6) is 0 Å². The number of hydrogen-bond donors (Lipinski definition) is 2. The highest BCUT2D eigenvalue weighted by atomic mass is 19.2. The van der Waals surface area contributed by atoms with Crippen LogP contribution in [0.15, 0.2) is 18.2 Å². The van der Waals surface area contributed by atoms with Crippen LogP contribution in [0.1, 0.15) is 19.8 Å². The van der Waals surface area contributed by atoms with E-state index in [9.17, 15) is 18.7 Å². The minimum atomic E-state index is -0.997. The first-order chi connectivity index (χ1) is 9.35. The smallest absolute Gasteiger partial charge is 0.238 e. The summed E-state index contributed by atoms with van der Waals surface area (Å²) in [6.45, 7) is 3.03. The van der Waals surface area contributed by atoms with Gasteiger partial charge in [-0.3, -0.25) is 9.69 Å². The third-order valence-electron chi connectivity index (χ3n) is 3.32. The van der Waals surface area contributed by atoms with Crippen LogP contribution in [0.25, 0.3) is 0 Å². The van der Waals surface area contributed by atoms with Crippen LogP contribution in [0.2, 0.25) is 0 Å². The lowest BCUT2D eigenvalue weighted by Crippen LogP contribution is -2.48. The first-order valence-corrected chi connectivity index (χ1v) is 6.55. The summed E-state index contributed by atoms with van der Waals surface area (Å²) in [5.74, 6) is -2.26. The molecular weight excluding hydrogens is 266 g/mol. The quantitative estimate of drug-likeness (QED) is 0.889. The van der Waals surface area contributed by atoms with Crippen LogP contribution in [0.3, 0.4) is 0 Å². The van der Waals surface area contributed by atoms with Crippen molar-refractivity contribution in [3.05, 3.63) is 29.8 Å². The molecule has 1 aliphatic rings. The van der Waals surface area contributed by atoms with Gasteiger partial charge in [0.05, 0.1) is 12.1 Å². The summed E-state index contributed by atoms with van der Waals surface area (Å²) in [5, 5.41) is 12.5. The van der Waals surface area contributed by atoms with E-state index >= 15 is 0 Å². The lowest BCUT2D eigenvalue weighted by molar-refractivity contribution is -0.118. The molecule has 1 unspecified atom stereocenters. The molecular formula is C14H18F2N2O2. The summed E-state index contributed by atoms with van der Waals surface area (Å²) >= 11 is 0. The Balaban J connectivity index is 1.90. The number of piperidine rings is 1. The molecule has 1 aromatic rings. The third-order valence-corrected chi connectivity index (χ3v) is 3.32. The van der Waals surface area contributed by atoms with Crippen LogP contribution < -0.4 is 5.32 Å². The van der Waals surface area contributed by atoms with Gasteiger partial charge in [-0.25, -0.2) is 8.78 Å². The Morgan fingerprint density at radius 2 is 2.20 bits per heavy atom. The fraction of sp³-hybridized carbons (Fsp3) is 0.500. The van der Waals surface area contributed by atoms with Crippen molar-refractivity contribution in [2.75, 3.05) is 25.0 Å². The van der Waals surface area contributed by atoms with Gasteiger partial charge in [0.25, 0.3) is 0 Å². The Hall–Kier alpha value is -1.53. The maximum atomic E-state index is 13.0. The number of β-amino-alcohol motifs (C(OH)–C–C–N with tert-alkyl or cyclic N) is 1. The molecule has 20 heavy (non-hydrogen) atoms. The molecule has 1 atom stereocenters. The first kappa shape index (κ1) is 14.9. The van der Waals surface area contributed by atoms with Gasteiger partial charge in [-0.1, -0.05) is 0 Å². The van der Waals surface area contributed by atoms with E-state index in [2.05, 4.69) is 5.32 Å². The van der Waals surface area contributed by atoms with Crippen LogP contribution in [0, 0.1) is 11.6 Å². The number of carbonyl (C=O) groups excluding carboxylic acids is 1. The van der Waals surface area contributed by atoms with Crippen molar-refractivity contribution in [2.24, 2.45) is 0 Å². The van der Waals surface area contributed by atoms with Crippen molar-refractivity contribution in [3.63, 3.8) is 0 Å². The van der Waals surface area contributed by atoms with Crippen molar-refractivity contribution in [1.29, 1.82) is 0 Å². The topological polar surface area (TPSA) is 52.6 Å². The highest BCUT2D eigenvalue weighted by molar-refractivity contribution is 5.92. The van der Waals surface area contributed by atoms with Gasteiger partial charge in [0, 0.05) is 18.3 Å². The van der Waals surface area contributed by atoms with Crippen LogP contribution in [-0.2, 0) is 4.79 Å². The van der Waals surface area contributed by atoms with E-state index < -0.39 is 17.2 Å². The van der Waals surface area contributed by atoms with Gasteiger partial charge >= 0.3 is 0 Å². The zero-order chi connectivity index (χ0) is 14.8. The molecule has 1 aromatic carbocycles. The Bertz CT molecular complexity index is 506. The van der Waals surface area contributed by atoms with Gasteiger partial charge < -0.3 is 10.4 Å². The van der Waals surface area contributed by atoms with Crippen molar-refractivity contribution in [3.8, 4) is 0 Å². The second-order valence-corrected chi connectivity index (χ2v) is 5.49. The average molecular weight is 284 g/mol. The van der Waals surface area contributed by atoms with Gasteiger partial charge in [-0.15, -0.1) is 0 Å². The molecule has 0 aromatic heterocycles. The maximum absolute atomic E-state index is 13.0. The number of amides is 1. The molecule has 0 spiro atoms. The van der Waals surface area contributed by atoms with E-state index in [0.717, 1.165) is 25.1 Å². The molecule has 0 bridgehead atoms. The van der Waals surface area contributed by atoms with Crippen LogP contribution in [0.4, 0.5) is 14.5 Å². The summed E-state index contributed by atoms with van der Waals surface area (Å²) < 4.78 is 25.8. The maximum Gasteiger partial charge on any atom is 0.238 e. The monoisotopic (exact) mass is 284 g/mol. The van der Waals surface area contributed by atoms with Gasteiger partial charge in [-0.2, -0.15) is 0 Å². The van der Waals surface area contributed by atoms with E-state index in [-0.39, 0.29) is 18.1 Å². The third kappa shape index (κ3) is 3.98. The molecule has 0 aliphatic carbocycles. The minimum Gasteiger partial charge on any atom is -0.389 e. The van der Waals surface area contributed by atoms with Gasteiger partial charge in [0.2, 0.25) is 5.91 Å². The number of rotatable bonds is 3. The van der Waals surface area contributed by atoms with Crippen molar-refractivity contribution in [2.45, 2.75) is 25.4 Å². The van der Waals surface area contributed by atoms with E-state index in [1.54, 1.807) is 6.92 Å². The highest BCUT2D eigenvalue weighted by Crippen LogP contribution is 2.20. The molecule has 6 heteroatoms. The lowest BCUT2D eigenvalue weighted by atomic mass is 9.95. The molecule has 0 saturated carbocycles. The number of halogens is 2. The summed E-state index contributed by atoms with van der Waals surface area (Å²) in [6, 6.07) is 3.22. The number of aliphatic hydroxyl groups is 1. The van der Waals surface area contributed by atoms with Crippen molar-refractivity contribution in [1.82, 2.24) is 4.90 Å². The lowest BCUT2D eigenvalue weighted by Gasteiger charge is -2.36. The van der Waals surface area contributed by atoms with Crippen LogP contribution >= 0.6 is 0 Å². The SMILES string of the molecule is CC1(O)CCCN(CC(=O)Nc2ccc(F)c(F)c2)C1. The van der Waals surface area contributed by atoms with Crippen molar-refractivity contribution >= 4 is 11.6 Å². The summed E-state index contributed by atoms with van der Waals surface area (Å²) in [5.41, 5.74) is -0.557. The fourth-order valence-corrected chi connectivity index (χ4v) is 2.44. The minimum absolute atomic E-state index is 0.120. The fourth-order valence-electron chi connectivity index (χ4n) is 2.44. The molecule has 0 radical (unpaired) electrons. The summed E-state index contributed by atoms with van der Waals surface area (Å²) in [6.07, 6.45) is 1.54. The predicted octanol–water partition coefficient (Wildman–Crippen LogP) is 1.75. The molecule has 1 amide bonds. The molecule has 1 fully saturated rings. The largest absolute Gasteiger partial charge is 0.389 e. The molecule has 1 saturated heterocycles. The van der Waals surface area contributed by atoms with Gasteiger partial charge in [-0.05, 0) is 38.4 Å². The first-order valence-electron chi connectivity index (χ1n) is 6.55. The Morgan fingerprint density at radius 1 is 1.45 bits per heavy atom. The van der Waals surface area contributed by atoms with Crippen LogP contribution in [-0.4, -0.2) is 41.1 Å². The summed E-state index contributed by atoms with van der Waals surface area (Å²) in [4.78, 5) is 13.7. The van der Waals surface area contributed by atoms with Gasteiger partial charge in [0.15, 0.2) is 11.6 Å². The van der Waals surface area contributed by atoms with E-state index in [0.29, 0.717) is 13.0 Å². The van der Waals surface area contributed by atoms with E-state index in [1.807, 2.05) is 4.90 Å². The molecule has 4 nitrogen and oxygen atoms in total. The number of benzene rings is 1. The predicted molar refractivity (Wildman–Crippen MR) is 71.3 cm³/mol. The zero-order valence-electron chi connectivity index (χ0n) is 11.3. The van der Waals surface area contributed by atoms with Gasteiger partial charge in [0.1, 0.15) is 0 Å². The molecule has 110 valence electrons. The molecule has 2 N–H and O–H groups in total. The molecule has 2 rings (SSSR count). The second-order valence-electron chi connectivity index (χ2n) is 5.49. The van der Waals surface area contributed by atoms with Crippen molar-refractivity contribution < 1.29 is 18.7 Å². The van der Waals surface area contributed by atoms with E-state index in [4.69, 9.17) is 0 Å². The zero-order valence-corrected chi connectivity index (χ0v) is 11.3. The Morgan fingerprint density at radius 3 is 2.85 bits per heavy atom. The number of hydrogen-bond acceptors (Lipinski definition) is 3. The normalized spacial score (nSPS) is 23.6. The standard InChI is InChI=1S/C14H18F2N2O2/c1-14(20)5-2-6-18(9-14)8-13(19)17-10-3-4-11(15)12(16)7-10/h3-4,7,20H,2,5-6,8-9H2,1H3,(H,17,19).